The molecule has 1 saturated heterocycles. The molecular weight excluding hydrogens is 300 g/mol. The number of nitrogens with zero attached hydrogens (tertiary/aromatic N) is 2. The van der Waals surface area contributed by atoms with Gasteiger partial charge in [0, 0.05) is 23.2 Å². The molecule has 6 heteroatoms. The smallest absolute Gasteiger partial charge is 0.226 e. The average molecular weight is 323 g/mol. The van der Waals surface area contributed by atoms with Crippen molar-refractivity contribution in [2.24, 2.45) is 0 Å². The Morgan fingerprint density at radius 2 is 2.19 bits per heavy atom. The minimum Gasteiger partial charge on any atom is -0.368 e. The van der Waals surface area contributed by atoms with Crippen LogP contribution in [0.1, 0.15) is 31.1 Å². The Morgan fingerprint density at radius 3 is 2.95 bits per heavy atom. The number of hydrogen-bond donors (Lipinski definition) is 2. The minimum atomic E-state index is 0.714. The van der Waals surface area contributed by atoms with Gasteiger partial charge in [0.2, 0.25) is 5.95 Å². The fourth-order valence-electron chi connectivity index (χ4n) is 2.59. The zero-order valence-electron chi connectivity index (χ0n) is 12.6. The Hall–Kier alpha value is -1.01. The summed E-state index contributed by atoms with van der Waals surface area (Å²) in [7, 11) is 0. The molecule has 4 nitrogen and oxygen atoms in total. The largest absolute Gasteiger partial charge is 0.368 e. The number of aryl methyl sites for hydroxylation is 1. The molecule has 3 rings (SSSR count). The summed E-state index contributed by atoms with van der Waals surface area (Å²) in [4.78, 5) is 11.6. The third-order valence-electron chi connectivity index (χ3n) is 3.62. The summed E-state index contributed by atoms with van der Waals surface area (Å²) in [5.41, 5.74) is 0. The molecule has 2 aromatic rings. The number of hydrogen-bond acceptors (Lipinski definition) is 6. The second-order valence-electron chi connectivity index (χ2n) is 5.37. The van der Waals surface area contributed by atoms with E-state index in [2.05, 4.69) is 52.3 Å². The molecule has 114 valence electrons. The number of fused-ring (bicyclic) bond motifs is 1. The predicted molar refractivity (Wildman–Crippen MR) is 94.9 cm³/mol. The fourth-order valence-corrected chi connectivity index (χ4v) is 4.71. The lowest BCUT2D eigenvalue weighted by molar-refractivity contribution is 0.677. The van der Waals surface area contributed by atoms with E-state index in [0.717, 1.165) is 35.1 Å². The Kier molecular flexibility index (Phi) is 4.85. The third-order valence-corrected chi connectivity index (χ3v) is 5.96. The Balaban J connectivity index is 1.81. The lowest BCUT2D eigenvalue weighted by Gasteiger charge is -2.21. The molecule has 0 aromatic carbocycles. The van der Waals surface area contributed by atoms with E-state index >= 15 is 0 Å². The third kappa shape index (κ3) is 3.61. The molecule has 1 aliphatic heterocycles. The second-order valence-corrected chi connectivity index (χ2v) is 8.01. The maximum absolute atomic E-state index is 4.65. The van der Waals surface area contributed by atoms with Crippen molar-refractivity contribution in [3.63, 3.8) is 0 Å². The number of rotatable bonds is 5. The van der Waals surface area contributed by atoms with E-state index in [1.807, 2.05) is 0 Å². The SMILES string of the molecule is CCNc1nc(NCC2CCCCS2)c2cc(C)sc2n1. The molecule has 0 amide bonds. The number of thiophene rings is 1. The van der Waals surface area contributed by atoms with Crippen molar-refractivity contribution in [1.82, 2.24) is 9.97 Å². The summed E-state index contributed by atoms with van der Waals surface area (Å²) in [6, 6.07) is 2.19. The van der Waals surface area contributed by atoms with Gasteiger partial charge in [0.25, 0.3) is 0 Å². The lowest BCUT2D eigenvalue weighted by atomic mass is 10.2. The van der Waals surface area contributed by atoms with Gasteiger partial charge in [0.15, 0.2) is 0 Å². The molecule has 0 bridgehead atoms. The zero-order valence-corrected chi connectivity index (χ0v) is 14.2. The van der Waals surface area contributed by atoms with Crippen molar-refractivity contribution in [2.45, 2.75) is 38.4 Å². The Labute approximate surface area is 134 Å². The summed E-state index contributed by atoms with van der Waals surface area (Å²) in [6.45, 7) is 6.03. The van der Waals surface area contributed by atoms with Crippen LogP contribution in [0.5, 0.6) is 0 Å². The standard InChI is InChI=1S/C15H22N4S2/c1-3-16-15-18-13(12-8-10(2)21-14(12)19-15)17-9-11-6-4-5-7-20-11/h8,11H,3-7,9H2,1-2H3,(H2,16,17,18,19). The first-order chi connectivity index (χ1) is 10.3. The number of aromatic nitrogens is 2. The summed E-state index contributed by atoms with van der Waals surface area (Å²) < 4.78 is 0. The minimum absolute atomic E-state index is 0.714. The van der Waals surface area contributed by atoms with Gasteiger partial charge in [-0.25, -0.2) is 4.98 Å². The van der Waals surface area contributed by atoms with E-state index in [0.29, 0.717) is 5.25 Å². The van der Waals surface area contributed by atoms with Gasteiger partial charge < -0.3 is 10.6 Å². The summed E-state index contributed by atoms with van der Waals surface area (Å²) in [5.74, 6) is 3.00. The molecule has 0 radical (unpaired) electrons. The predicted octanol–water partition coefficient (Wildman–Crippen LogP) is 4.13. The van der Waals surface area contributed by atoms with Gasteiger partial charge in [0.05, 0.1) is 5.39 Å². The van der Waals surface area contributed by atoms with Crippen molar-refractivity contribution >= 4 is 45.1 Å². The topological polar surface area (TPSA) is 49.8 Å². The molecule has 21 heavy (non-hydrogen) atoms. The van der Waals surface area contributed by atoms with Gasteiger partial charge in [-0.1, -0.05) is 6.42 Å². The molecule has 1 atom stereocenters. The monoisotopic (exact) mass is 322 g/mol. The van der Waals surface area contributed by atoms with Crippen LogP contribution >= 0.6 is 23.1 Å². The van der Waals surface area contributed by atoms with Crippen LogP contribution in [0.25, 0.3) is 10.2 Å². The van der Waals surface area contributed by atoms with Crippen molar-refractivity contribution in [3.8, 4) is 0 Å². The van der Waals surface area contributed by atoms with Crippen LogP contribution in [0.15, 0.2) is 6.07 Å². The van der Waals surface area contributed by atoms with Crippen molar-refractivity contribution in [1.29, 1.82) is 0 Å². The molecule has 0 saturated carbocycles. The Bertz CT molecular complexity index is 605. The van der Waals surface area contributed by atoms with E-state index < -0.39 is 0 Å². The molecule has 1 unspecified atom stereocenters. The maximum Gasteiger partial charge on any atom is 0.226 e. The van der Waals surface area contributed by atoms with Crippen LogP contribution in [0.2, 0.25) is 0 Å². The molecule has 3 heterocycles. The van der Waals surface area contributed by atoms with Crippen molar-refractivity contribution < 1.29 is 0 Å². The number of anilines is 2. The van der Waals surface area contributed by atoms with E-state index in [9.17, 15) is 0 Å². The molecule has 1 aliphatic rings. The van der Waals surface area contributed by atoms with Crippen LogP contribution in [-0.4, -0.2) is 34.1 Å². The van der Waals surface area contributed by atoms with Crippen LogP contribution < -0.4 is 10.6 Å². The summed E-state index contributed by atoms with van der Waals surface area (Å²) in [5, 5.41) is 8.66. The molecule has 2 N–H and O–H groups in total. The normalized spacial score (nSPS) is 18.9. The highest BCUT2D eigenvalue weighted by Gasteiger charge is 2.15. The van der Waals surface area contributed by atoms with Gasteiger partial charge in [-0.2, -0.15) is 16.7 Å². The van der Waals surface area contributed by atoms with E-state index in [-0.39, 0.29) is 0 Å². The molecule has 1 fully saturated rings. The van der Waals surface area contributed by atoms with E-state index in [1.54, 1.807) is 11.3 Å². The zero-order chi connectivity index (χ0) is 14.7. The highest BCUT2D eigenvalue weighted by Crippen LogP contribution is 2.31. The van der Waals surface area contributed by atoms with E-state index in [1.165, 1.54) is 29.9 Å². The lowest BCUT2D eigenvalue weighted by Crippen LogP contribution is -2.20. The van der Waals surface area contributed by atoms with Gasteiger partial charge in [0.1, 0.15) is 10.6 Å². The van der Waals surface area contributed by atoms with Crippen LogP contribution in [0.3, 0.4) is 0 Å². The average Bonchev–Trinajstić information content (AvgIpc) is 2.86. The second kappa shape index (κ2) is 6.83. The maximum atomic E-state index is 4.65. The summed E-state index contributed by atoms with van der Waals surface area (Å²) >= 11 is 3.82. The quantitative estimate of drug-likeness (QED) is 0.867. The van der Waals surface area contributed by atoms with Gasteiger partial charge in [-0.15, -0.1) is 11.3 Å². The molecule has 0 aliphatic carbocycles. The molecular formula is C15H22N4S2. The fraction of sp³-hybridized carbons (Fsp3) is 0.600. The first kappa shape index (κ1) is 14.9. The first-order valence-electron chi connectivity index (χ1n) is 7.64. The van der Waals surface area contributed by atoms with E-state index in [4.69, 9.17) is 0 Å². The molecule has 2 aromatic heterocycles. The number of nitrogens with one attached hydrogen (secondary N) is 2. The summed E-state index contributed by atoms with van der Waals surface area (Å²) in [6.07, 6.45) is 4.04. The van der Waals surface area contributed by atoms with Gasteiger partial charge in [-0.3, -0.25) is 0 Å². The van der Waals surface area contributed by atoms with Crippen molar-refractivity contribution in [2.75, 3.05) is 29.5 Å². The van der Waals surface area contributed by atoms with Crippen LogP contribution in [0, 0.1) is 6.92 Å². The first-order valence-corrected chi connectivity index (χ1v) is 9.50. The van der Waals surface area contributed by atoms with Crippen LogP contribution in [-0.2, 0) is 0 Å². The highest BCUT2D eigenvalue weighted by molar-refractivity contribution is 7.99. The van der Waals surface area contributed by atoms with Crippen molar-refractivity contribution in [3.05, 3.63) is 10.9 Å². The molecule has 0 spiro atoms. The number of thioether (sulfide) groups is 1. The van der Waals surface area contributed by atoms with Gasteiger partial charge in [-0.05, 0) is 38.5 Å². The Morgan fingerprint density at radius 1 is 1.29 bits per heavy atom. The van der Waals surface area contributed by atoms with Crippen LogP contribution in [0.4, 0.5) is 11.8 Å². The highest BCUT2D eigenvalue weighted by atomic mass is 32.2. The van der Waals surface area contributed by atoms with Gasteiger partial charge >= 0.3 is 0 Å².